The normalized spacial score (nSPS) is 21.2. The predicted octanol–water partition coefficient (Wildman–Crippen LogP) is 3.91. The van der Waals surface area contributed by atoms with Crippen LogP contribution in [0.3, 0.4) is 0 Å². The van der Waals surface area contributed by atoms with E-state index in [9.17, 15) is 9.59 Å². The van der Waals surface area contributed by atoms with Gasteiger partial charge in [-0.3, -0.25) is 9.59 Å². The molecule has 6 heteroatoms. The molecule has 2 unspecified atom stereocenters. The molecule has 1 saturated carbocycles. The molecule has 0 radical (unpaired) electrons. The Morgan fingerprint density at radius 1 is 1.10 bits per heavy atom. The minimum atomic E-state index is -0.804. The Hall–Kier alpha value is -2.63. The largest absolute Gasteiger partial charge is 0.481 e. The first-order valence-electron chi connectivity index (χ1n) is 10.6. The lowest BCUT2D eigenvalue weighted by Gasteiger charge is -2.37. The Bertz CT molecular complexity index is 916. The Morgan fingerprint density at radius 3 is 2.55 bits per heavy atom. The van der Waals surface area contributed by atoms with Gasteiger partial charge < -0.3 is 10.0 Å². The first-order valence-corrected chi connectivity index (χ1v) is 10.6. The van der Waals surface area contributed by atoms with E-state index in [0.717, 1.165) is 47.6 Å². The topological polar surface area (TPSA) is 75.4 Å². The average molecular weight is 396 g/mol. The summed E-state index contributed by atoms with van der Waals surface area (Å²) >= 11 is 0. The van der Waals surface area contributed by atoms with Crippen LogP contribution in [0.15, 0.2) is 24.3 Å². The second kappa shape index (κ2) is 8.01. The average Bonchev–Trinajstić information content (AvgIpc) is 3.30. The SMILES string of the molecule is Cc1nn(-c2ccc(C(=O)N3CCCC4CCCC43)cc2)c(C)c1CCC(=O)O. The lowest BCUT2D eigenvalue weighted by molar-refractivity contribution is -0.136. The summed E-state index contributed by atoms with van der Waals surface area (Å²) in [6, 6.07) is 8.07. The minimum absolute atomic E-state index is 0.0960. The summed E-state index contributed by atoms with van der Waals surface area (Å²) in [4.78, 5) is 26.1. The Labute approximate surface area is 171 Å². The molecule has 1 saturated heterocycles. The maximum atomic E-state index is 13.1. The molecule has 1 N–H and O–H groups in total. The molecule has 1 aromatic heterocycles. The van der Waals surface area contributed by atoms with Crippen molar-refractivity contribution in [1.29, 1.82) is 0 Å². The Kier molecular flexibility index (Phi) is 5.43. The molecular weight excluding hydrogens is 366 g/mol. The summed E-state index contributed by atoms with van der Waals surface area (Å²) < 4.78 is 1.84. The van der Waals surface area contributed by atoms with Crippen molar-refractivity contribution in [1.82, 2.24) is 14.7 Å². The van der Waals surface area contributed by atoms with E-state index in [1.165, 1.54) is 19.3 Å². The van der Waals surface area contributed by atoms with Crippen molar-refractivity contribution in [3.63, 3.8) is 0 Å². The molecule has 1 aromatic carbocycles. The van der Waals surface area contributed by atoms with Crippen LogP contribution in [0.25, 0.3) is 5.69 Å². The zero-order chi connectivity index (χ0) is 20.5. The van der Waals surface area contributed by atoms with Crippen LogP contribution in [0.5, 0.6) is 0 Å². The number of carboxylic acid groups (broad SMARTS) is 1. The van der Waals surface area contributed by atoms with Gasteiger partial charge in [-0.05, 0) is 81.7 Å². The number of benzene rings is 1. The number of amides is 1. The lowest BCUT2D eigenvalue weighted by Crippen LogP contribution is -2.46. The van der Waals surface area contributed by atoms with E-state index in [4.69, 9.17) is 5.11 Å². The number of aromatic nitrogens is 2. The van der Waals surface area contributed by atoms with Gasteiger partial charge in [0, 0.05) is 30.3 Å². The molecule has 29 heavy (non-hydrogen) atoms. The number of piperidine rings is 1. The van der Waals surface area contributed by atoms with Gasteiger partial charge in [0.1, 0.15) is 0 Å². The molecule has 2 atom stereocenters. The smallest absolute Gasteiger partial charge is 0.303 e. The fourth-order valence-electron chi connectivity index (χ4n) is 5.14. The van der Waals surface area contributed by atoms with Gasteiger partial charge >= 0.3 is 5.97 Å². The molecule has 154 valence electrons. The second-order valence-corrected chi connectivity index (χ2v) is 8.40. The van der Waals surface area contributed by atoms with Gasteiger partial charge in [-0.1, -0.05) is 6.42 Å². The highest BCUT2D eigenvalue weighted by atomic mass is 16.4. The number of nitrogens with zero attached hydrogens (tertiary/aromatic N) is 3. The molecular formula is C23H29N3O3. The molecule has 6 nitrogen and oxygen atoms in total. The van der Waals surface area contributed by atoms with Crippen LogP contribution in [0.4, 0.5) is 0 Å². The summed E-state index contributed by atoms with van der Waals surface area (Å²) in [5.41, 5.74) is 4.40. The Balaban J connectivity index is 1.53. The van der Waals surface area contributed by atoms with E-state index in [1.807, 2.05) is 42.8 Å². The van der Waals surface area contributed by atoms with E-state index in [0.29, 0.717) is 18.4 Å². The van der Waals surface area contributed by atoms with Gasteiger partial charge in [0.2, 0.25) is 0 Å². The molecule has 1 aliphatic carbocycles. The van der Waals surface area contributed by atoms with Crippen molar-refractivity contribution < 1.29 is 14.7 Å². The zero-order valence-electron chi connectivity index (χ0n) is 17.2. The quantitative estimate of drug-likeness (QED) is 0.833. The molecule has 2 heterocycles. The zero-order valence-corrected chi connectivity index (χ0v) is 17.2. The van der Waals surface area contributed by atoms with Crippen LogP contribution >= 0.6 is 0 Å². The van der Waals surface area contributed by atoms with Crippen molar-refractivity contribution in [2.75, 3.05) is 6.54 Å². The number of rotatable bonds is 5. The first-order chi connectivity index (χ1) is 14.0. The van der Waals surface area contributed by atoms with E-state index >= 15 is 0 Å². The van der Waals surface area contributed by atoms with Gasteiger partial charge in [0.25, 0.3) is 5.91 Å². The van der Waals surface area contributed by atoms with Gasteiger partial charge in [-0.2, -0.15) is 5.10 Å². The number of carboxylic acids is 1. The fraction of sp³-hybridized carbons (Fsp3) is 0.522. The van der Waals surface area contributed by atoms with E-state index in [2.05, 4.69) is 10.00 Å². The van der Waals surface area contributed by atoms with Crippen LogP contribution in [-0.2, 0) is 11.2 Å². The van der Waals surface area contributed by atoms with Crippen molar-refractivity contribution in [2.45, 2.75) is 64.8 Å². The van der Waals surface area contributed by atoms with Crippen molar-refractivity contribution in [3.05, 3.63) is 46.8 Å². The molecule has 2 aliphatic rings. The lowest BCUT2D eigenvalue weighted by atomic mass is 9.91. The summed E-state index contributed by atoms with van der Waals surface area (Å²) in [6.45, 7) is 4.74. The minimum Gasteiger partial charge on any atom is -0.481 e. The summed E-state index contributed by atoms with van der Waals surface area (Å²) in [5, 5.41) is 13.6. The van der Waals surface area contributed by atoms with Gasteiger partial charge in [0.15, 0.2) is 0 Å². The first kappa shape index (κ1) is 19.7. The number of aliphatic carboxylic acids is 1. The van der Waals surface area contributed by atoms with Crippen molar-refractivity contribution >= 4 is 11.9 Å². The van der Waals surface area contributed by atoms with Crippen LogP contribution < -0.4 is 0 Å². The number of carbonyl (C=O) groups is 2. The third-order valence-corrected chi connectivity index (χ3v) is 6.64. The summed E-state index contributed by atoms with van der Waals surface area (Å²) in [5.74, 6) is 0.0243. The standard InChI is InChI=1S/C23H29N3O3/c1-15-20(12-13-22(27)28)16(2)26(24-15)19-10-8-18(9-11-19)23(29)25-14-4-6-17-5-3-7-21(17)25/h8-11,17,21H,3-7,12-14H2,1-2H3,(H,27,28). The number of likely N-dealkylation sites (tertiary alicyclic amines) is 1. The van der Waals surface area contributed by atoms with Crippen LogP contribution in [0.1, 0.15) is 65.8 Å². The monoisotopic (exact) mass is 395 g/mol. The highest BCUT2D eigenvalue weighted by molar-refractivity contribution is 5.94. The Morgan fingerprint density at radius 2 is 1.83 bits per heavy atom. The number of aryl methyl sites for hydroxylation is 1. The maximum Gasteiger partial charge on any atom is 0.303 e. The van der Waals surface area contributed by atoms with E-state index < -0.39 is 5.97 Å². The molecule has 1 amide bonds. The van der Waals surface area contributed by atoms with Crippen LogP contribution in [-0.4, -0.2) is 44.3 Å². The highest BCUT2D eigenvalue weighted by Gasteiger charge is 2.37. The van der Waals surface area contributed by atoms with Crippen molar-refractivity contribution in [3.8, 4) is 5.69 Å². The molecule has 4 rings (SSSR count). The van der Waals surface area contributed by atoms with Gasteiger partial charge in [-0.15, -0.1) is 0 Å². The molecule has 0 spiro atoms. The van der Waals surface area contributed by atoms with E-state index in [1.54, 1.807) is 0 Å². The van der Waals surface area contributed by atoms with Crippen LogP contribution in [0.2, 0.25) is 0 Å². The van der Waals surface area contributed by atoms with Crippen molar-refractivity contribution in [2.24, 2.45) is 5.92 Å². The summed E-state index contributed by atoms with van der Waals surface area (Å²) in [6.07, 6.45) is 6.57. The number of hydrogen-bond acceptors (Lipinski definition) is 3. The maximum absolute atomic E-state index is 13.1. The molecule has 2 aromatic rings. The molecule has 0 bridgehead atoms. The van der Waals surface area contributed by atoms with Crippen LogP contribution in [0, 0.1) is 19.8 Å². The van der Waals surface area contributed by atoms with Gasteiger partial charge in [-0.25, -0.2) is 4.68 Å². The third-order valence-electron chi connectivity index (χ3n) is 6.64. The highest BCUT2D eigenvalue weighted by Crippen LogP contribution is 2.37. The van der Waals surface area contributed by atoms with Gasteiger partial charge in [0.05, 0.1) is 11.4 Å². The number of fused-ring (bicyclic) bond motifs is 1. The number of hydrogen-bond donors (Lipinski definition) is 1. The predicted molar refractivity (Wildman–Crippen MR) is 110 cm³/mol. The third kappa shape index (κ3) is 3.80. The molecule has 1 aliphatic heterocycles. The van der Waals surface area contributed by atoms with E-state index in [-0.39, 0.29) is 12.3 Å². The number of carbonyl (C=O) groups excluding carboxylic acids is 1. The fourth-order valence-corrected chi connectivity index (χ4v) is 5.14. The second-order valence-electron chi connectivity index (χ2n) is 8.40. The summed E-state index contributed by atoms with van der Waals surface area (Å²) in [7, 11) is 0. The molecule has 2 fully saturated rings.